The number of anilines is 1. The van der Waals surface area contributed by atoms with Gasteiger partial charge < -0.3 is 24.2 Å². The second-order valence-corrected chi connectivity index (χ2v) is 7.71. The number of methoxy groups -OCH3 is 2. The van der Waals surface area contributed by atoms with Crippen LogP contribution >= 0.6 is 0 Å². The summed E-state index contributed by atoms with van der Waals surface area (Å²) in [6.45, 7) is 3.31. The molecule has 2 atom stereocenters. The molecule has 2 heterocycles. The van der Waals surface area contributed by atoms with Crippen LogP contribution in [0.4, 0.5) is 5.69 Å². The Balaban J connectivity index is 1.62. The summed E-state index contributed by atoms with van der Waals surface area (Å²) in [5.41, 5.74) is 1.39. The number of carbonyl (C=O) groups is 2. The highest BCUT2D eigenvalue weighted by molar-refractivity contribution is 6.05. The summed E-state index contributed by atoms with van der Waals surface area (Å²) in [4.78, 5) is 27.6. The second-order valence-electron chi connectivity index (χ2n) is 7.71. The van der Waals surface area contributed by atoms with Crippen LogP contribution in [0.25, 0.3) is 0 Å². The highest BCUT2D eigenvalue weighted by Crippen LogP contribution is 2.40. The minimum Gasteiger partial charge on any atom is -0.493 e. The number of rotatable bonds is 5. The molecule has 8 nitrogen and oxygen atoms in total. The van der Waals surface area contributed by atoms with Gasteiger partial charge >= 0.3 is 0 Å². The lowest BCUT2D eigenvalue weighted by molar-refractivity contribution is 0.0780. The van der Waals surface area contributed by atoms with Crippen LogP contribution in [-0.2, 0) is 0 Å². The van der Waals surface area contributed by atoms with Gasteiger partial charge in [0.25, 0.3) is 11.8 Å². The van der Waals surface area contributed by atoms with Gasteiger partial charge in [0.2, 0.25) is 5.76 Å². The Kier molecular flexibility index (Phi) is 5.17. The quantitative estimate of drug-likeness (QED) is 0.830. The van der Waals surface area contributed by atoms with Gasteiger partial charge in [0.1, 0.15) is 0 Å². The Morgan fingerprint density at radius 3 is 2.45 bits per heavy atom. The molecule has 1 N–H and O–H groups in total. The minimum atomic E-state index is -0.480. The van der Waals surface area contributed by atoms with Crippen LogP contribution in [0.1, 0.15) is 45.9 Å². The van der Waals surface area contributed by atoms with Gasteiger partial charge in [-0.1, -0.05) is 11.6 Å². The van der Waals surface area contributed by atoms with Gasteiger partial charge in [-0.3, -0.25) is 9.59 Å². The third kappa shape index (κ3) is 3.66. The molecule has 1 aliphatic carbocycles. The maximum absolute atomic E-state index is 13.1. The molecule has 2 amide bonds. The zero-order valence-electron chi connectivity index (χ0n) is 16.9. The summed E-state index contributed by atoms with van der Waals surface area (Å²) in [7, 11) is 2.98. The van der Waals surface area contributed by atoms with E-state index < -0.39 is 5.91 Å². The molecular weight excluding hydrogens is 374 g/mol. The lowest BCUT2D eigenvalue weighted by Gasteiger charge is -2.20. The molecule has 8 heteroatoms. The summed E-state index contributed by atoms with van der Waals surface area (Å²) < 4.78 is 15.9. The van der Waals surface area contributed by atoms with Crippen molar-refractivity contribution in [3.8, 4) is 11.5 Å². The summed E-state index contributed by atoms with van der Waals surface area (Å²) >= 11 is 0. The molecule has 29 heavy (non-hydrogen) atoms. The van der Waals surface area contributed by atoms with Crippen LogP contribution in [0.15, 0.2) is 22.7 Å². The van der Waals surface area contributed by atoms with Gasteiger partial charge in [0.15, 0.2) is 11.5 Å². The predicted octanol–water partition coefficient (Wildman–Crippen LogP) is 3.12. The second kappa shape index (κ2) is 7.77. The van der Waals surface area contributed by atoms with Crippen molar-refractivity contribution < 1.29 is 23.6 Å². The highest BCUT2D eigenvalue weighted by Gasteiger charge is 2.38. The average Bonchev–Trinajstić information content (AvgIpc) is 3.42. The largest absolute Gasteiger partial charge is 0.493 e. The fourth-order valence-electron chi connectivity index (χ4n) is 4.42. The zero-order chi connectivity index (χ0) is 20.5. The van der Waals surface area contributed by atoms with E-state index in [1.54, 1.807) is 19.1 Å². The number of aryl methyl sites for hydroxylation is 1. The summed E-state index contributed by atoms with van der Waals surface area (Å²) in [6, 6.07) is 4.82. The zero-order valence-corrected chi connectivity index (χ0v) is 16.9. The molecule has 1 saturated carbocycles. The van der Waals surface area contributed by atoms with E-state index >= 15 is 0 Å². The topological polar surface area (TPSA) is 93.9 Å². The number of fused-ring (bicyclic) bond motifs is 1. The van der Waals surface area contributed by atoms with Crippen LogP contribution in [-0.4, -0.2) is 49.2 Å². The maximum Gasteiger partial charge on any atom is 0.294 e. The number of likely N-dealkylation sites (tertiary alicyclic amines) is 1. The van der Waals surface area contributed by atoms with E-state index in [2.05, 4.69) is 10.5 Å². The van der Waals surface area contributed by atoms with E-state index in [4.69, 9.17) is 14.0 Å². The number of nitrogens with one attached hydrogen (secondary N) is 1. The van der Waals surface area contributed by atoms with Crippen LogP contribution in [0, 0.1) is 18.8 Å². The van der Waals surface area contributed by atoms with Crippen LogP contribution in [0.5, 0.6) is 11.5 Å². The molecule has 0 unspecified atom stereocenters. The van der Waals surface area contributed by atoms with E-state index in [-0.39, 0.29) is 11.7 Å². The van der Waals surface area contributed by atoms with E-state index in [0.717, 1.165) is 13.1 Å². The van der Waals surface area contributed by atoms with Gasteiger partial charge in [-0.25, -0.2) is 0 Å². The number of benzene rings is 1. The van der Waals surface area contributed by atoms with Crippen molar-refractivity contribution in [3.63, 3.8) is 0 Å². The van der Waals surface area contributed by atoms with Crippen LogP contribution < -0.4 is 14.8 Å². The summed E-state index contributed by atoms with van der Waals surface area (Å²) in [5.74, 6) is 1.46. The normalized spacial score (nSPS) is 20.4. The first-order valence-corrected chi connectivity index (χ1v) is 9.80. The highest BCUT2D eigenvalue weighted by atomic mass is 16.5. The molecule has 1 aromatic heterocycles. The Hall–Kier alpha value is -3.03. The van der Waals surface area contributed by atoms with Crippen LogP contribution in [0.3, 0.4) is 0 Å². The van der Waals surface area contributed by atoms with Crippen molar-refractivity contribution in [1.29, 1.82) is 0 Å². The first-order valence-electron chi connectivity index (χ1n) is 9.80. The minimum absolute atomic E-state index is 0.0636. The Morgan fingerprint density at radius 1 is 1.14 bits per heavy atom. The summed E-state index contributed by atoms with van der Waals surface area (Å²) in [5, 5.41) is 6.47. The molecule has 2 fully saturated rings. The fourth-order valence-corrected chi connectivity index (χ4v) is 4.42. The monoisotopic (exact) mass is 399 g/mol. The number of carbonyl (C=O) groups excluding carboxylic acids is 2. The van der Waals surface area contributed by atoms with Crippen LogP contribution in [0.2, 0.25) is 0 Å². The van der Waals surface area contributed by atoms with E-state index in [9.17, 15) is 9.59 Å². The van der Waals surface area contributed by atoms with E-state index in [1.807, 2.05) is 4.90 Å². The Morgan fingerprint density at radius 2 is 1.86 bits per heavy atom. The van der Waals surface area contributed by atoms with Crippen molar-refractivity contribution in [1.82, 2.24) is 10.1 Å². The molecule has 1 saturated heterocycles. The maximum atomic E-state index is 13.1. The van der Waals surface area contributed by atoms with Gasteiger partial charge in [-0.05, 0) is 43.7 Å². The molecular formula is C21H25N3O5. The van der Waals surface area contributed by atoms with E-state index in [0.29, 0.717) is 40.3 Å². The molecule has 0 bridgehead atoms. The molecule has 1 aliphatic heterocycles. The first kappa shape index (κ1) is 19.3. The first-order chi connectivity index (χ1) is 14.0. The predicted molar refractivity (Wildman–Crippen MR) is 105 cm³/mol. The molecule has 2 aromatic rings. The van der Waals surface area contributed by atoms with Gasteiger partial charge in [-0.15, -0.1) is 0 Å². The van der Waals surface area contributed by atoms with Gasteiger partial charge in [0.05, 0.1) is 25.6 Å². The number of aromatic nitrogens is 1. The Bertz CT molecular complexity index is 926. The SMILES string of the molecule is COc1cc(C(=O)N2C[C@H]3CCC[C@H]3C2)cc(NC(=O)c2cc(C)no2)c1OC. The van der Waals surface area contributed by atoms with Gasteiger partial charge in [0, 0.05) is 24.7 Å². The molecule has 154 valence electrons. The molecule has 0 radical (unpaired) electrons. The average molecular weight is 399 g/mol. The van der Waals surface area contributed by atoms with Crippen molar-refractivity contribution in [3.05, 3.63) is 35.2 Å². The number of hydrogen-bond donors (Lipinski definition) is 1. The molecule has 4 rings (SSSR count). The molecule has 0 spiro atoms. The number of ether oxygens (including phenoxy) is 2. The van der Waals surface area contributed by atoms with Gasteiger partial charge in [-0.2, -0.15) is 0 Å². The van der Waals surface area contributed by atoms with Crippen molar-refractivity contribution >= 4 is 17.5 Å². The third-order valence-electron chi connectivity index (χ3n) is 5.84. The lowest BCUT2D eigenvalue weighted by Crippen LogP contribution is -2.29. The standard InChI is InChI=1S/C21H25N3O5/c1-12-7-18(29-23-12)20(25)22-16-8-15(9-17(27-2)19(16)28-3)21(26)24-10-13-5-4-6-14(13)11-24/h7-9,13-14H,4-6,10-11H2,1-3H3,(H,22,25)/t13-,14+. The van der Waals surface area contributed by atoms with E-state index in [1.165, 1.54) is 39.5 Å². The van der Waals surface area contributed by atoms with Crippen molar-refractivity contribution in [2.75, 3.05) is 32.6 Å². The molecule has 2 aliphatic rings. The number of hydrogen-bond acceptors (Lipinski definition) is 6. The van der Waals surface area contributed by atoms with Crippen molar-refractivity contribution in [2.24, 2.45) is 11.8 Å². The molecule has 1 aromatic carbocycles. The lowest BCUT2D eigenvalue weighted by atomic mass is 10.0. The summed E-state index contributed by atoms with van der Waals surface area (Å²) in [6.07, 6.45) is 3.64. The third-order valence-corrected chi connectivity index (χ3v) is 5.84. The Labute approximate surface area is 169 Å². The smallest absolute Gasteiger partial charge is 0.294 e. The fraction of sp³-hybridized carbons (Fsp3) is 0.476. The number of nitrogens with zero attached hydrogens (tertiary/aromatic N) is 2. The van der Waals surface area contributed by atoms with Crippen molar-refractivity contribution in [2.45, 2.75) is 26.2 Å². The number of amides is 2.